The maximum atomic E-state index is 12.5. The van der Waals surface area contributed by atoms with Crippen LogP contribution in [-0.4, -0.2) is 35.3 Å². The molecular formula is C21H22ClNO4S. The number of Topliss-reactive ketones (excluding diaryl/α,β-unsaturated/α-hetero) is 1. The van der Waals surface area contributed by atoms with E-state index in [1.165, 1.54) is 0 Å². The van der Waals surface area contributed by atoms with E-state index in [4.69, 9.17) is 16.3 Å². The van der Waals surface area contributed by atoms with Crippen molar-refractivity contribution in [2.24, 2.45) is 0 Å². The number of hydrogen-bond donors (Lipinski definition) is 1. The molecule has 0 saturated carbocycles. The number of aryl methyl sites for hydroxylation is 2. The fourth-order valence-electron chi connectivity index (χ4n) is 2.46. The number of ether oxygens (including phenoxy) is 1. The lowest BCUT2D eigenvalue weighted by Gasteiger charge is -2.14. The van der Waals surface area contributed by atoms with Crippen LogP contribution in [0.2, 0.25) is 5.02 Å². The van der Waals surface area contributed by atoms with Gasteiger partial charge in [-0.3, -0.25) is 14.4 Å². The maximum Gasteiger partial charge on any atom is 0.316 e. The van der Waals surface area contributed by atoms with E-state index in [0.29, 0.717) is 16.3 Å². The largest absolute Gasteiger partial charge is 0.454 e. The van der Waals surface area contributed by atoms with Crippen LogP contribution >= 0.6 is 23.4 Å². The van der Waals surface area contributed by atoms with Crippen molar-refractivity contribution in [3.63, 3.8) is 0 Å². The lowest BCUT2D eigenvalue weighted by atomic mass is 9.99. The molecule has 2 aromatic carbocycles. The van der Waals surface area contributed by atoms with Gasteiger partial charge in [0.2, 0.25) is 11.7 Å². The van der Waals surface area contributed by atoms with E-state index < -0.39 is 12.1 Å². The lowest BCUT2D eigenvalue weighted by Crippen LogP contribution is -2.26. The van der Waals surface area contributed by atoms with Crippen LogP contribution in [0, 0.1) is 13.8 Å². The van der Waals surface area contributed by atoms with Crippen LogP contribution in [0.15, 0.2) is 42.5 Å². The zero-order valence-corrected chi connectivity index (χ0v) is 17.5. The molecule has 0 aliphatic carbocycles. The first-order valence-electron chi connectivity index (χ1n) is 8.70. The number of thioether (sulfide) groups is 1. The van der Waals surface area contributed by atoms with Gasteiger partial charge in [0.1, 0.15) is 0 Å². The van der Waals surface area contributed by atoms with E-state index in [2.05, 4.69) is 5.32 Å². The summed E-state index contributed by atoms with van der Waals surface area (Å²) >= 11 is 6.92. The molecule has 0 radical (unpaired) electrons. The van der Waals surface area contributed by atoms with E-state index in [0.717, 1.165) is 22.9 Å². The Labute approximate surface area is 173 Å². The van der Waals surface area contributed by atoms with Crippen LogP contribution in [0.25, 0.3) is 0 Å². The Balaban J connectivity index is 1.77. The molecule has 0 bridgehead atoms. The molecule has 28 heavy (non-hydrogen) atoms. The summed E-state index contributed by atoms with van der Waals surface area (Å²) in [7, 11) is 0. The third-order valence-corrected chi connectivity index (χ3v) is 5.08. The maximum absolute atomic E-state index is 12.5. The molecule has 0 heterocycles. The molecule has 0 spiro atoms. The number of rotatable bonds is 8. The summed E-state index contributed by atoms with van der Waals surface area (Å²) in [6.07, 6.45) is -0.878. The Kier molecular flexibility index (Phi) is 8.08. The topological polar surface area (TPSA) is 72.5 Å². The van der Waals surface area contributed by atoms with Crippen molar-refractivity contribution < 1.29 is 19.1 Å². The zero-order valence-electron chi connectivity index (χ0n) is 16.0. The highest BCUT2D eigenvalue weighted by molar-refractivity contribution is 8.00. The number of carbonyl (C=O) groups is 3. The van der Waals surface area contributed by atoms with Crippen molar-refractivity contribution >= 4 is 46.7 Å². The molecule has 5 nitrogen and oxygen atoms in total. The minimum absolute atomic E-state index is 0.0154. The van der Waals surface area contributed by atoms with Gasteiger partial charge in [0.05, 0.1) is 11.5 Å². The highest BCUT2D eigenvalue weighted by Crippen LogP contribution is 2.16. The third-order valence-electron chi connectivity index (χ3n) is 3.92. The number of anilines is 1. The van der Waals surface area contributed by atoms with Crippen LogP contribution < -0.4 is 5.32 Å². The molecule has 0 fully saturated rings. The van der Waals surface area contributed by atoms with Crippen molar-refractivity contribution in [2.45, 2.75) is 26.9 Å². The van der Waals surface area contributed by atoms with Crippen molar-refractivity contribution in [1.29, 1.82) is 0 Å². The second kappa shape index (κ2) is 10.3. The molecule has 2 rings (SSSR count). The van der Waals surface area contributed by atoms with E-state index >= 15 is 0 Å². The van der Waals surface area contributed by atoms with Crippen LogP contribution in [0.1, 0.15) is 28.4 Å². The van der Waals surface area contributed by atoms with Crippen molar-refractivity contribution in [3.8, 4) is 0 Å². The van der Waals surface area contributed by atoms with E-state index in [9.17, 15) is 14.4 Å². The number of amides is 1. The molecule has 7 heteroatoms. The fourth-order valence-corrected chi connectivity index (χ4v) is 3.18. The summed E-state index contributed by atoms with van der Waals surface area (Å²) < 4.78 is 5.22. The number of hydrogen-bond acceptors (Lipinski definition) is 5. The summed E-state index contributed by atoms with van der Waals surface area (Å²) in [5, 5.41) is 3.29. The molecule has 148 valence electrons. The first-order valence-corrected chi connectivity index (χ1v) is 10.2. The van der Waals surface area contributed by atoms with Crippen LogP contribution in [0.5, 0.6) is 0 Å². The van der Waals surface area contributed by atoms with Gasteiger partial charge in [-0.15, -0.1) is 11.8 Å². The monoisotopic (exact) mass is 419 g/mol. The van der Waals surface area contributed by atoms with Gasteiger partial charge in [-0.2, -0.15) is 0 Å². The van der Waals surface area contributed by atoms with Gasteiger partial charge in [-0.25, -0.2) is 0 Å². The minimum atomic E-state index is -0.878. The molecule has 1 atom stereocenters. The average Bonchev–Trinajstić information content (AvgIpc) is 2.65. The van der Waals surface area contributed by atoms with Crippen LogP contribution in [0.4, 0.5) is 5.69 Å². The molecule has 1 amide bonds. The molecular weight excluding hydrogens is 398 g/mol. The normalized spacial score (nSPS) is 11.6. The van der Waals surface area contributed by atoms with E-state index in [-0.39, 0.29) is 23.2 Å². The Morgan fingerprint density at radius 3 is 2.43 bits per heavy atom. The quantitative estimate of drug-likeness (QED) is 0.505. The summed E-state index contributed by atoms with van der Waals surface area (Å²) in [6.45, 7) is 5.30. The minimum Gasteiger partial charge on any atom is -0.454 e. The van der Waals surface area contributed by atoms with Gasteiger partial charge in [-0.1, -0.05) is 29.3 Å². The zero-order chi connectivity index (χ0) is 20.7. The fraction of sp³-hybridized carbons (Fsp3) is 0.286. The Morgan fingerprint density at radius 2 is 1.75 bits per heavy atom. The molecule has 0 unspecified atom stereocenters. The predicted molar refractivity (Wildman–Crippen MR) is 113 cm³/mol. The smallest absolute Gasteiger partial charge is 0.316 e. The second-order valence-corrected chi connectivity index (χ2v) is 7.78. The number of benzene rings is 2. The predicted octanol–water partition coefficient (Wildman–Crippen LogP) is 4.44. The first kappa shape index (κ1) is 22.0. The first-order chi connectivity index (χ1) is 13.3. The Bertz CT molecular complexity index is 867. The van der Waals surface area contributed by atoms with E-state index in [1.54, 1.807) is 37.3 Å². The second-order valence-electron chi connectivity index (χ2n) is 6.36. The van der Waals surface area contributed by atoms with Crippen LogP contribution in [0.3, 0.4) is 0 Å². The van der Waals surface area contributed by atoms with Crippen LogP contribution in [-0.2, 0) is 14.3 Å². The molecule has 2 aromatic rings. The van der Waals surface area contributed by atoms with Crippen molar-refractivity contribution in [3.05, 3.63) is 64.2 Å². The SMILES string of the molecule is Cc1ccc(C)c(C(=O)[C@@H](C)OC(=O)CSCC(=O)Nc2ccc(Cl)cc2)c1. The molecule has 0 saturated heterocycles. The molecule has 1 N–H and O–H groups in total. The van der Waals surface area contributed by atoms with Crippen molar-refractivity contribution in [2.75, 3.05) is 16.8 Å². The summed E-state index contributed by atoms with van der Waals surface area (Å²) in [5.74, 6) is -0.926. The van der Waals surface area contributed by atoms with E-state index in [1.807, 2.05) is 26.0 Å². The molecule has 0 aliphatic heterocycles. The summed E-state index contributed by atoms with van der Waals surface area (Å²) in [6, 6.07) is 12.3. The number of carbonyl (C=O) groups excluding carboxylic acids is 3. The average molecular weight is 420 g/mol. The number of nitrogens with one attached hydrogen (secondary N) is 1. The summed E-state index contributed by atoms with van der Waals surface area (Å²) in [5.41, 5.74) is 2.99. The highest BCUT2D eigenvalue weighted by atomic mass is 35.5. The standard InChI is InChI=1S/C21H22ClNO4S/c1-13-4-5-14(2)18(10-13)21(26)15(3)27-20(25)12-28-11-19(24)23-17-8-6-16(22)7-9-17/h4-10,15H,11-12H2,1-3H3,(H,23,24)/t15-/m1/s1. The van der Waals surface area contributed by atoms with Gasteiger partial charge in [0.15, 0.2) is 6.10 Å². The molecule has 0 aliphatic rings. The number of ketones is 1. The van der Waals surface area contributed by atoms with Gasteiger partial charge >= 0.3 is 5.97 Å². The Hall–Kier alpha value is -2.31. The third kappa shape index (κ3) is 6.69. The molecule has 0 aromatic heterocycles. The number of esters is 1. The van der Waals surface area contributed by atoms with Crippen molar-refractivity contribution in [1.82, 2.24) is 0 Å². The lowest BCUT2D eigenvalue weighted by molar-refractivity contribution is -0.143. The van der Waals surface area contributed by atoms with Gasteiger partial charge < -0.3 is 10.1 Å². The highest BCUT2D eigenvalue weighted by Gasteiger charge is 2.21. The van der Waals surface area contributed by atoms with Gasteiger partial charge in [-0.05, 0) is 56.7 Å². The Morgan fingerprint density at radius 1 is 1.07 bits per heavy atom. The number of halogens is 1. The van der Waals surface area contributed by atoms with Gasteiger partial charge in [0, 0.05) is 16.3 Å². The summed E-state index contributed by atoms with van der Waals surface area (Å²) in [4.78, 5) is 36.4. The van der Waals surface area contributed by atoms with Gasteiger partial charge in [0.25, 0.3) is 0 Å².